The number of hydrogen-bond donors (Lipinski definition) is 0. The van der Waals surface area contributed by atoms with Crippen molar-refractivity contribution in [2.75, 3.05) is 0 Å². The fraction of sp³-hybridized carbons (Fsp3) is 0. The summed E-state index contributed by atoms with van der Waals surface area (Å²) in [7, 11) is 0. The van der Waals surface area contributed by atoms with Crippen LogP contribution in [0.3, 0.4) is 0 Å². The van der Waals surface area contributed by atoms with E-state index in [1.165, 1.54) is 0 Å². The van der Waals surface area contributed by atoms with Crippen LogP contribution in [0, 0.1) is 0 Å². The van der Waals surface area contributed by atoms with Crippen molar-refractivity contribution in [2.24, 2.45) is 0 Å². The van der Waals surface area contributed by atoms with E-state index in [-0.39, 0.29) is 35.0 Å². The van der Waals surface area contributed by atoms with Crippen molar-refractivity contribution in [3.63, 3.8) is 0 Å². The Bertz CT molecular complexity index is 86.0. The molecule has 2 N–H and O–H groups in total. The molecule has 0 bridgehead atoms. The maximum Gasteiger partial charge on any atom is 0.283 e. The molecule has 1 rings (SSSR count). The van der Waals surface area contributed by atoms with E-state index in [1.54, 1.807) is 12.5 Å². The third-order valence-corrected chi connectivity index (χ3v) is 0.514. The molecule has 1 heterocycles. The van der Waals surface area contributed by atoms with Crippen LogP contribution in [-0.2, 0) is 0 Å². The fourth-order valence-electron chi connectivity index (χ4n) is 0.277. The van der Waals surface area contributed by atoms with Crippen LogP contribution in [0.25, 0.3) is 0 Å². The number of aromatic nitrogens is 2. The Morgan fingerprint density at radius 1 is 1.38 bits per heavy atom. The van der Waals surface area contributed by atoms with E-state index >= 15 is 0 Å². The Morgan fingerprint density at radius 3 is 2.25 bits per heavy atom. The normalized spacial score (nSPS) is 6.00. The van der Waals surface area contributed by atoms with Gasteiger partial charge in [-0.05, 0) is 0 Å². The molecule has 0 atom stereocenters. The van der Waals surface area contributed by atoms with Gasteiger partial charge in [0.25, 0.3) is 6.33 Å². The van der Waals surface area contributed by atoms with Crippen molar-refractivity contribution in [3.8, 4) is 0 Å². The van der Waals surface area contributed by atoms with Gasteiger partial charge in [-0.15, -0.1) is 0 Å². The smallest absolute Gasteiger partial charge is 0.283 e. The van der Waals surface area contributed by atoms with Gasteiger partial charge in [0.1, 0.15) is 6.20 Å². The van der Waals surface area contributed by atoms with E-state index in [4.69, 9.17) is 0 Å². The molecule has 0 saturated carbocycles. The average molecular weight is 121 g/mol. The van der Waals surface area contributed by atoms with Crippen LogP contribution in [0.1, 0.15) is 0 Å². The van der Waals surface area contributed by atoms with Gasteiger partial charge in [-0.2, -0.15) is 0 Å². The topological polar surface area (TPSA) is 57.0 Å². The molecule has 0 spiro atoms. The molecule has 0 aliphatic rings. The third-order valence-electron chi connectivity index (χ3n) is 0.514. The van der Waals surface area contributed by atoms with E-state index < -0.39 is 0 Å². The van der Waals surface area contributed by atoms with Crippen LogP contribution < -0.4 is 4.98 Å². The van der Waals surface area contributed by atoms with Gasteiger partial charge < -0.3 is 5.48 Å². The summed E-state index contributed by atoms with van der Waals surface area (Å²) in [6.07, 6.45) is 5.16. The van der Waals surface area contributed by atoms with Crippen molar-refractivity contribution in [3.05, 3.63) is 24.8 Å². The van der Waals surface area contributed by atoms with Gasteiger partial charge in [-0.1, -0.05) is 4.98 Å². The molecular formula is C4H6N2NaO. The van der Waals surface area contributed by atoms with Crippen LogP contribution in [0.4, 0.5) is 0 Å². The molecule has 1 radical (unpaired) electrons. The Morgan fingerprint density at radius 2 is 2.12 bits per heavy atom. The summed E-state index contributed by atoms with van der Waals surface area (Å²) in [6.45, 7) is 0. The summed E-state index contributed by atoms with van der Waals surface area (Å²) in [4.78, 5) is 6.51. The summed E-state index contributed by atoms with van der Waals surface area (Å²) in [5.41, 5.74) is 0. The molecule has 0 aromatic carbocycles. The summed E-state index contributed by atoms with van der Waals surface area (Å²) < 4.78 is 0. The van der Waals surface area contributed by atoms with Crippen molar-refractivity contribution in [2.45, 2.75) is 0 Å². The molecule has 0 saturated heterocycles. The molecule has 0 aliphatic heterocycles. The molecule has 3 nitrogen and oxygen atoms in total. The molecule has 1 aromatic rings. The number of aromatic amines is 1. The van der Waals surface area contributed by atoms with E-state index in [2.05, 4.69) is 9.97 Å². The molecule has 1 aromatic heterocycles. The van der Waals surface area contributed by atoms with Gasteiger partial charge in [0.2, 0.25) is 0 Å². The van der Waals surface area contributed by atoms with Crippen LogP contribution >= 0.6 is 0 Å². The monoisotopic (exact) mass is 121 g/mol. The summed E-state index contributed by atoms with van der Waals surface area (Å²) in [5, 5.41) is 0. The number of H-pyrrole nitrogens is 1. The molecule has 0 aliphatic carbocycles. The Hall–Kier alpha value is 0.0400. The van der Waals surface area contributed by atoms with Gasteiger partial charge in [0.15, 0.2) is 0 Å². The molecule has 0 amide bonds. The molecule has 8 heavy (non-hydrogen) atoms. The average Bonchev–Trinajstić information content (AvgIpc) is 1.72. The van der Waals surface area contributed by atoms with Crippen molar-refractivity contribution >= 4 is 29.6 Å². The first kappa shape index (κ1) is 10.9. The first-order valence-electron chi connectivity index (χ1n) is 1.76. The summed E-state index contributed by atoms with van der Waals surface area (Å²) >= 11 is 0. The largest absolute Gasteiger partial charge is 0.870 e. The third kappa shape index (κ3) is 4.21. The van der Waals surface area contributed by atoms with Gasteiger partial charge >= 0.3 is 0 Å². The summed E-state index contributed by atoms with van der Waals surface area (Å²) in [6, 6.07) is 1.83. The molecule has 0 fully saturated rings. The SMILES string of the molecule is [Na].[OH-].c1cnc[nH+]c1. The van der Waals surface area contributed by atoms with Crippen LogP contribution in [0.2, 0.25) is 0 Å². The van der Waals surface area contributed by atoms with Crippen molar-refractivity contribution in [1.29, 1.82) is 0 Å². The van der Waals surface area contributed by atoms with Crippen LogP contribution in [-0.4, -0.2) is 40.0 Å². The predicted molar refractivity (Wildman–Crippen MR) is 28.5 cm³/mol. The minimum absolute atomic E-state index is 0. The second-order valence-electron chi connectivity index (χ2n) is 0.953. The van der Waals surface area contributed by atoms with Gasteiger partial charge in [0.05, 0.1) is 6.20 Å². The molecular weight excluding hydrogens is 115 g/mol. The van der Waals surface area contributed by atoms with Crippen molar-refractivity contribution in [1.82, 2.24) is 4.98 Å². The Labute approximate surface area is 69.8 Å². The van der Waals surface area contributed by atoms with E-state index in [0.717, 1.165) is 0 Å². The maximum atomic E-state index is 3.73. The molecule has 39 valence electrons. The Kier molecular flexibility index (Phi) is 9.61. The zero-order valence-electron chi connectivity index (χ0n) is 4.70. The van der Waals surface area contributed by atoms with Gasteiger partial charge in [-0.25, -0.2) is 0 Å². The quantitative estimate of drug-likeness (QED) is 0.428. The van der Waals surface area contributed by atoms with Crippen LogP contribution in [0.5, 0.6) is 0 Å². The first-order chi connectivity index (χ1) is 3.00. The Balaban J connectivity index is 0. The standard InChI is InChI=1S/C4H4N2.Na.H2O/c1-2-5-4-6-3-1;;/h1-4H;;1H2. The zero-order valence-corrected chi connectivity index (χ0v) is 6.70. The fourth-order valence-corrected chi connectivity index (χ4v) is 0.277. The van der Waals surface area contributed by atoms with Crippen molar-refractivity contribution < 1.29 is 10.5 Å². The number of hydrogen-bond acceptors (Lipinski definition) is 2. The maximum absolute atomic E-state index is 3.73. The summed E-state index contributed by atoms with van der Waals surface area (Å²) in [5.74, 6) is 0. The van der Waals surface area contributed by atoms with E-state index in [0.29, 0.717) is 0 Å². The molecule has 0 unspecified atom stereocenters. The van der Waals surface area contributed by atoms with Gasteiger partial charge in [-0.3, -0.25) is 4.98 Å². The minimum atomic E-state index is 0. The van der Waals surface area contributed by atoms with Crippen LogP contribution in [0.15, 0.2) is 24.8 Å². The first-order valence-corrected chi connectivity index (χ1v) is 1.76. The second kappa shape index (κ2) is 7.04. The number of nitrogens with zero attached hydrogens (tertiary/aromatic N) is 1. The predicted octanol–water partition coefficient (Wildman–Crippen LogP) is -0.662. The number of nitrogens with one attached hydrogen (secondary N) is 1. The zero-order chi connectivity index (χ0) is 4.24. The van der Waals surface area contributed by atoms with E-state index in [1.807, 2.05) is 12.3 Å². The number of rotatable bonds is 0. The van der Waals surface area contributed by atoms with E-state index in [9.17, 15) is 0 Å². The van der Waals surface area contributed by atoms with Gasteiger partial charge in [0, 0.05) is 35.6 Å². The molecule has 4 heteroatoms. The minimum Gasteiger partial charge on any atom is -0.870 e. The second-order valence-corrected chi connectivity index (χ2v) is 0.953.